The molecule has 0 aromatic rings. The fraction of sp³-hybridized carbons (Fsp3) is 0.600. The zero-order chi connectivity index (χ0) is 6.69. The number of halogens is 1. The van der Waals surface area contributed by atoms with Crippen LogP contribution < -0.4 is 0 Å². The highest BCUT2D eigenvalue weighted by molar-refractivity contribution is 6.46. The molecule has 0 saturated heterocycles. The van der Waals surface area contributed by atoms with E-state index >= 15 is 0 Å². The van der Waals surface area contributed by atoms with Crippen molar-refractivity contribution in [3.05, 3.63) is 0 Å². The topological polar surface area (TPSA) is 38.7 Å². The number of ketones is 1. The standard InChI is InChI=1S/C5H6ClNO2/c6-3-4(8)5-7-1-2-9-5/h1-3H2. The third-order valence-corrected chi connectivity index (χ3v) is 1.19. The SMILES string of the molecule is O=C(CCl)C1=NCCO1. The zero-order valence-corrected chi connectivity index (χ0v) is 5.52. The molecule has 0 aromatic heterocycles. The first-order valence-electron chi connectivity index (χ1n) is 2.61. The number of carbonyl (C=O) groups excluding carboxylic acids is 1. The van der Waals surface area contributed by atoms with E-state index in [4.69, 9.17) is 16.3 Å². The maximum Gasteiger partial charge on any atom is 0.254 e. The van der Waals surface area contributed by atoms with Crippen LogP contribution >= 0.6 is 11.6 Å². The lowest BCUT2D eigenvalue weighted by atomic mass is 10.4. The minimum Gasteiger partial charge on any atom is -0.473 e. The van der Waals surface area contributed by atoms with Crippen molar-refractivity contribution < 1.29 is 9.53 Å². The van der Waals surface area contributed by atoms with Crippen molar-refractivity contribution in [1.29, 1.82) is 0 Å². The normalized spacial score (nSPS) is 16.8. The average molecular weight is 148 g/mol. The minimum atomic E-state index is -0.228. The first-order chi connectivity index (χ1) is 4.34. The maximum absolute atomic E-state index is 10.6. The molecule has 0 saturated carbocycles. The maximum atomic E-state index is 10.6. The second kappa shape index (κ2) is 2.82. The first kappa shape index (κ1) is 6.55. The van der Waals surface area contributed by atoms with Gasteiger partial charge in [0.1, 0.15) is 6.61 Å². The van der Waals surface area contributed by atoms with Gasteiger partial charge in [-0.25, -0.2) is 4.99 Å². The number of ether oxygens (including phenoxy) is 1. The number of carbonyl (C=O) groups is 1. The van der Waals surface area contributed by atoms with E-state index in [0.717, 1.165) is 0 Å². The Morgan fingerprint density at radius 2 is 2.67 bits per heavy atom. The van der Waals surface area contributed by atoms with Crippen LogP contribution in [0.5, 0.6) is 0 Å². The van der Waals surface area contributed by atoms with Crippen LogP contribution in [0.25, 0.3) is 0 Å². The summed E-state index contributed by atoms with van der Waals surface area (Å²) in [5, 5.41) is 0. The second-order valence-electron chi connectivity index (χ2n) is 1.59. The van der Waals surface area contributed by atoms with Crippen LogP contribution in [-0.2, 0) is 9.53 Å². The van der Waals surface area contributed by atoms with Crippen molar-refractivity contribution in [2.75, 3.05) is 19.0 Å². The molecular formula is C5H6ClNO2. The Labute approximate surface area is 57.7 Å². The summed E-state index contributed by atoms with van der Waals surface area (Å²) in [5.74, 6) is -0.0853. The molecule has 50 valence electrons. The fourth-order valence-corrected chi connectivity index (χ4v) is 0.675. The Morgan fingerprint density at radius 3 is 3.11 bits per heavy atom. The minimum absolute atomic E-state index is 0.0428. The van der Waals surface area contributed by atoms with Crippen LogP contribution in [0.4, 0.5) is 0 Å². The summed E-state index contributed by atoms with van der Waals surface area (Å²) >= 11 is 5.22. The van der Waals surface area contributed by atoms with E-state index in [0.29, 0.717) is 13.2 Å². The Kier molecular flexibility index (Phi) is 2.05. The van der Waals surface area contributed by atoms with Crippen molar-refractivity contribution in [3.8, 4) is 0 Å². The Bertz CT molecular complexity index is 155. The van der Waals surface area contributed by atoms with Crippen molar-refractivity contribution in [1.82, 2.24) is 0 Å². The Hall–Kier alpha value is -0.570. The Balaban J connectivity index is 2.51. The molecule has 1 rings (SSSR count). The molecule has 0 N–H and O–H groups in total. The van der Waals surface area contributed by atoms with Gasteiger partial charge in [-0.15, -0.1) is 11.6 Å². The van der Waals surface area contributed by atoms with Crippen LogP contribution in [0.1, 0.15) is 0 Å². The van der Waals surface area contributed by atoms with Crippen LogP contribution in [0.2, 0.25) is 0 Å². The monoisotopic (exact) mass is 147 g/mol. The predicted molar refractivity (Wildman–Crippen MR) is 34.0 cm³/mol. The molecular weight excluding hydrogens is 142 g/mol. The number of aliphatic imine (C=N–C) groups is 1. The van der Waals surface area contributed by atoms with Gasteiger partial charge >= 0.3 is 0 Å². The van der Waals surface area contributed by atoms with Gasteiger partial charge in [-0.2, -0.15) is 0 Å². The number of rotatable bonds is 2. The van der Waals surface area contributed by atoms with Crippen molar-refractivity contribution in [2.45, 2.75) is 0 Å². The molecule has 0 unspecified atom stereocenters. The second-order valence-corrected chi connectivity index (χ2v) is 1.86. The van der Waals surface area contributed by atoms with Gasteiger partial charge in [-0.05, 0) is 0 Å². The summed E-state index contributed by atoms with van der Waals surface area (Å²) in [6.07, 6.45) is 0. The molecule has 0 radical (unpaired) electrons. The lowest BCUT2D eigenvalue weighted by molar-refractivity contribution is -0.112. The van der Waals surface area contributed by atoms with Crippen molar-refractivity contribution in [3.63, 3.8) is 0 Å². The van der Waals surface area contributed by atoms with Crippen LogP contribution in [0.3, 0.4) is 0 Å². The summed E-state index contributed by atoms with van der Waals surface area (Å²) < 4.78 is 4.82. The lowest BCUT2D eigenvalue weighted by Crippen LogP contribution is -2.14. The van der Waals surface area contributed by atoms with Gasteiger partial charge in [0.25, 0.3) is 5.90 Å². The van der Waals surface area contributed by atoms with E-state index in [-0.39, 0.29) is 17.6 Å². The third kappa shape index (κ3) is 1.42. The molecule has 1 aliphatic rings. The van der Waals surface area contributed by atoms with Gasteiger partial charge in [-0.3, -0.25) is 4.79 Å². The van der Waals surface area contributed by atoms with E-state index in [2.05, 4.69) is 4.99 Å². The van der Waals surface area contributed by atoms with Gasteiger partial charge in [0.2, 0.25) is 5.78 Å². The van der Waals surface area contributed by atoms with E-state index in [1.54, 1.807) is 0 Å². The highest BCUT2D eigenvalue weighted by Crippen LogP contribution is 1.95. The Morgan fingerprint density at radius 1 is 1.89 bits per heavy atom. The van der Waals surface area contributed by atoms with Gasteiger partial charge in [0.05, 0.1) is 12.4 Å². The van der Waals surface area contributed by atoms with E-state index < -0.39 is 0 Å². The number of Topliss-reactive ketones (excluding diaryl/α,β-unsaturated/α-hetero) is 1. The molecule has 0 amide bonds. The highest BCUT2D eigenvalue weighted by atomic mass is 35.5. The van der Waals surface area contributed by atoms with E-state index in [1.807, 2.05) is 0 Å². The quantitative estimate of drug-likeness (QED) is 0.525. The fourth-order valence-electron chi connectivity index (χ4n) is 0.561. The molecule has 0 spiro atoms. The average Bonchev–Trinajstić information content (AvgIpc) is 2.37. The predicted octanol–water partition coefficient (Wildman–Crippen LogP) is 0.223. The molecule has 3 nitrogen and oxygen atoms in total. The largest absolute Gasteiger partial charge is 0.473 e. The zero-order valence-electron chi connectivity index (χ0n) is 4.76. The molecule has 4 heteroatoms. The van der Waals surface area contributed by atoms with Crippen molar-refractivity contribution in [2.24, 2.45) is 4.99 Å². The van der Waals surface area contributed by atoms with Crippen molar-refractivity contribution >= 4 is 23.3 Å². The first-order valence-corrected chi connectivity index (χ1v) is 3.14. The summed E-state index contributed by atoms with van der Waals surface area (Å²) in [6.45, 7) is 1.09. The highest BCUT2D eigenvalue weighted by Gasteiger charge is 2.14. The van der Waals surface area contributed by atoms with Crippen LogP contribution in [-0.4, -0.2) is 30.7 Å². The molecule has 1 heterocycles. The van der Waals surface area contributed by atoms with E-state index in [1.165, 1.54) is 0 Å². The summed E-state index contributed by atoms with van der Waals surface area (Å²) in [6, 6.07) is 0. The summed E-state index contributed by atoms with van der Waals surface area (Å²) in [5.41, 5.74) is 0. The van der Waals surface area contributed by atoms with Crippen LogP contribution in [0, 0.1) is 0 Å². The molecule has 0 fully saturated rings. The third-order valence-electron chi connectivity index (χ3n) is 0.945. The number of hydrogen-bond donors (Lipinski definition) is 0. The molecule has 9 heavy (non-hydrogen) atoms. The molecule has 0 aliphatic carbocycles. The summed E-state index contributed by atoms with van der Waals surface area (Å²) in [7, 11) is 0. The lowest BCUT2D eigenvalue weighted by Gasteiger charge is -1.93. The van der Waals surface area contributed by atoms with Gasteiger partial charge in [0, 0.05) is 0 Å². The molecule has 0 aromatic carbocycles. The summed E-state index contributed by atoms with van der Waals surface area (Å²) in [4.78, 5) is 14.4. The number of nitrogens with zero attached hydrogens (tertiary/aromatic N) is 1. The molecule has 1 aliphatic heterocycles. The number of hydrogen-bond acceptors (Lipinski definition) is 3. The number of alkyl halides is 1. The van der Waals surface area contributed by atoms with Gasteiger partial charge < -0.3 is 4.74 Å². The van der Waals surface area contributed by atoms with Crippen LogP contribution in [0.15, 0.2) is 4.99 Å². The molecule has 0 bridgehead atoms. The van der Waals surface area contributed by atoms with Gasteiger partial charge in [-0.1, -0.05) is 0 Å². The molecule has 0 atom stereocenters. The van der Waals surface area contributed by atoms with E-state index in [9.17, 15) is 4.79 Å². The smallest absolute Gasteiger partial charge is 0.254 e. The van der Waals surface area contributed by atoms with Gasteiger partial charge in [0.15, 0.2) is 0 Å².